The number of rotatable bonds is 4. The number of carbonyl (C=O) groups excluding carboxylic acids is 1. The fourth-order valence-corrected chi connectivity index (χ4v) is 2.45. The zero-order chi connectivity index (χ0) is 16.3. The normalized spacial score (nSPS) is 11.5. The maximum absolute atomic E-state index is 12.4. The second-order valence-corrected chi connectivity index (χ2v) is 6.45. The lowest BCUT2D eigenvalue weighted by molar-refractivity contribution is 0.0734. The second-order valence-electron chi connectivity index (χ2n) is 4.54. The zero-order valence-corrected chi connectivity index (χ0v) is 12.3. The molecule has 2 aromatic rings. The van der Waals surface area contributed by atoms with Crippen LogP contribution in [0.3, 0.4) is 0 Å². The largest absolute Gasteiger partial charge is 0.423 e. The van der Waals surface area contributed by atoms with Gasteiger partial charge in [-0.05, 0) is 48.9 Å². The summed E-state index contributed by atoms with van der Waals surface area (Å²) in [6.07, 6.45) is 0. The Morgan fingerprint density at radius 1 is 1.09 bits per heavy atom. The van der Waals surface area contributed by atoms with Gasteiger partial charge >= 0.3 is 11.7 Å². The molecule has 0 aliphatic carbocycles. The molecule has 4 nitrogen and oxygen atoms in total. The van der Waals surface area contributed by atoms with Gasteiger partial charge in [-0.15, -0.1) is 0 Å². The standard InChI is InChI=1S/C15H12F2O4S/c1-10-3-2-4-12(9-10)21-14(18)11-5-7-13(8-6-11)22(19,20)15(16)17/h2-9,15H,1H3. The Morgan fingerprint density at radius 3 is 2.27 bits per heavy atom. The van der Waals surface area contributed by atoms with Gasteiger partial charge in [-0.25, -0.2) is 13.2 Å². The van der Waals surface area contributed by atoms with E-state index in [9.17, 15) is 22.0 Å². The highest BCUT2D eigenvalue weighted by molar-refractivity contribution is 7.91. The van der Waals surface area contributed by atoms with E-state index in [-0.39, 0.29) is 5.56 Å². The minimum absolute atomic E-state index is 0.0646. The van der Waals surface area contributed by atoms with E-state index in [1.165, 1.54) is 0 Å². The number of halogens is 2. The van der Waals surface area contributed by atoms with Crippen molar-refractivity contribution in [3.63, 3.8) is 0 Å². The van der Waals surface area contributed by atoms with Gasteiger partial charge in [0.2, 0.25) is 9.84 Å². The van der Waals surface area contributed by atoms with Crippen molar-refractivity contribution in [2.45, 2.75) is 17.6 Å². The molecule has 0 bridgehead atoms. The number of sulfone groups is 1. The van der Waals surface area contributed by atoms with Crippen LogP contribution in [-0.2, 0) is 9.84 Å². The molecule has 0 unspecified atom stereocenters. The monoisotopic (exact) mass is 326 g/mol. The fraction of sp³-hybridized carbons (Fsp3) is 0.133. The summed E-state index contributed by atoms with van der Waals surface area (Å²) < 4.78 is 52.5. The average Bonchev–Trinajstić information content (AvgIpc) is 2.47. The summed E-state index contributed by atoms with van der Waals surface area (Å²) in [7, 11) is -4.67. The molecule has 0 aliphatic heterocycles. The summed E-state index contributed by atoms with van der Waals surface area (Å²) in [5, 5.41) is 0. The van der Waals surface area contributed by atoms with Gasteiger partial charge in [0.05, 0.1) is 10.5 Å². The number of hydrogen-bond donors (Lipinski definition) is 0. The number of ether oxygens (including phenoxy) is 1. The summed E-state index contributed by atoms with van der Waals surface area (Å²) in [4.78, 5) is 11.4. The van der Waals surface area contributed by atoms with Crippen molar-refractivity contribution in [2.75, 3.05) is 0 Å². The van der Waals surface area contributed by atoms with Crippen molar-refractivity contribution in [2.24, 2.45) is 0 Å². The van der Waals surface area contributed by atoms with E-state index in [0.717, 1.165) is 29.8 Å². The Morgan fingerprint density at radius 2 is 1.73 bits per heavy atom. The van der Waals surface area contributed by atoms with Crippen molar-refractivity contribution in [3.05, 3.63) is 59.7 Å². The average molecular weight is 326 g/mol. The number of alkyl halides is 2. The molecule has 0 fully saturated rings. The third-order valence-electron chi connectivity index (χ3n) is 2.85. The van der Waals surface area contributed by atoms with Gasteiger partial charge in [0.1, 0.15) is 5.75 Å². The van der Waals surface area contributed by atoms with E-state index in [1.807, 2.05) is 13.0 Å². The van der Waals surface area contributed by atoms with Crippen molar-refractivity contribution < 1.29 is 26.7 Å². The van der Waals surface area contributed by atoms with E-state index in [4.69, 9.17) is 4.74 Å². The van der Waals surface area contributed by atoms with Gasteiger partial charge in [0.25, 0.3) is 0 Å². The molecule has 0 amide bonds. The molecule has 7 heteroatoms. The molecule has 0 saturated heterocycles. The Hall–Kier alpha value is -2.28. The lowest BCUT2D eigenvalue weighted by atomic mass is 10.2. The van der Waals surface area contributed by atoms with E-state index < -0.39 is 26.5 Å². The van der Waals surface area contributed by atoms with Gasteiger partial charge < -0.3 is 4.74 Å². The molecular weight excluding hydrogens is 314 g/mol. The number of carbonyl (C=O) groups is 1. The minimum Gasteiger partial charge on any atom is -0.423 e. The van der Waals surface area contributed by atoms with E-state index in [2.05, 4.69) is 0 Å². The molecular formula is C15H12F2O4S. The molecule has 2 rings (SSSR count). The summed E-state index contributed by atoms with van der Waals surface area (Å²) in [5.41, 5.74) is 0.971. The van der Waals surface area contributed by atoms with Crippen LogP contribution in [0.25, 0.3) is 0 Å². The maximum atomic E-state index is 12.4. The lowest BCUT2D eigenvalue weighted by Gasteiger charge is -2.06. The first-order valence-corrected chi connectivity index (χ1v) is 7.76. The van der Waals surface area contributed by atoms with Crippen molar-refractivity contribution in [3.8, 4) is 5.75 Å². The van der Waals surface area contributed by atoms with Crippen molar-refractivity contribution >= 4 is 15.8 Å². The summed E-state index contributed by atoms with van der Waals surface area (Å²) >= 11 is 0. The molecule has 0 aromatic heterocycles. The van der Waals surface area contributed by atoms with Crippen LogP contribution in [0.5, 0.6) is 5.75 Å². The van der Waals surface area contributed by atoms with Gasteiger partial charge in [-0.3, -0.25) is 0 Å². The number of benzene rings is 2. The SMILES string of the molecule is Cc1cccc(OC(=O)c2ccc(S(=O)(=O)C(F)F)cc2)c1. The Kier molecular flexibility index (Phi) is 4.56. The summed E-state index contributed by atoms with van der Waals surface area (Å²) in [6, 6.07) is 11.0. The van der Waals surface area contributed by atoms with Crippen LogP contribution in [0.4, 0.5) is 8.78 Å². The molecule has 0 saturated carbocycles. The Balaban J connectivity index is 2.19. The van der Waals surface area contributed by atoms with E-state index in [0.29, 0.717) is 5.75 Å². The minimum atomic E-state index is -4.67. The predicted octanol–water partition coefficient (Wildman–Crippen LogP) is 3.21. The van der Waals surface area contributed by atoms with Gasteiger partial charge in [0, 0.05) is 0 Å². The third-order valence-corrected chi connectivity index (χ3v) is 4.25. The lowest BCUT2D eigenvalue weighted by Crippen LogP contribution is -2.12. The molecule has 0 spiro atoms. The number of aryl methyl sites for hydroxylation is 1. The highest BCUT2D eigenvalue weighted by Crippen LogP contribution is 2.20. The fourth-order valence-electron chi connectivity index (χ4n) is 1.73. The molecule has 0 heterocycles. The van der Waals surface area contributed by atoms with E-state index >= 15 is 0 Å². The van der Waals surface area contributed by atoms with Crippen LogP contribution < -0.4 is 4.74 Å². The zero-order valence-electron chi connectivity index (χ0n) is 11.5. The van der Waals surface area contributed by atoms with Crippen LogP contribution in [0, 0.1) is 6.92 Å². The predicted molar refractivity (Wildman–Crippen MR) is 75.8 cm³/mol. The Labute approximate surface area is 126 Å². The molecule has 0 radical (unpaired) electrons. The highest BCUT2D eigenvalue weighted by atomic mass is 32.2. The van der Waals surface area contributed by atoms with Gasteiger partial charge in [0.15, 0.2) is 0 Å². The van der Waals surface area contributed by atoms with Crippen LogP contribution >= 0.6 is 0 Å². The quantitative estimate of drug-likeness (QED) is 0.639. The molecule has 0 atom stereocenters. The molecule has 116 valence electrons. The Bertz CT molecular complexity index is 783. The van der Waals surface area contributed by atoms with Gasteiger partial charge in [-0.1, -0.05) is 12.1 Å². The maximum Gasteiger partial charge on any atom is 0.343 e. The first-order valence-electron chi connectivity index (χ1n) is 6.21. The number of hydrogen-bond acceptors (Lipinski definition) is 4. The van der Waals surface area contributed by atoms with Crippen molar-refractivity contribution in [1.29, 1.82) is 0 Å². The van der Waals surface area contributed by atoms with Crippen LogP contribution in [0.1, 0.15) is 15.9 Å². The first kappa shape index (κ1) is 16.1. The topological polar surface area (TPSA) is 60.4 Å². The van der Waals surface area contributed by atoms with Crippen molar-refractivity contribution in [1.82, 2.24) is 0 Å². The number of esters is 1. The highest BCUT2D eigenvalue weighted by Gasteiger charge is 2.26. The summed E-state index contributed by atoms with van der Waals surface area (Å²) in [5.74, 6) is -3.86. The third kappa shape index (κ3) is 3.48. The molecule has 0 N–H and O–H groups in total. The van der Waals surface area contributed by atoms with E-state index in [1.54, 1.807) is 18.2 Å². The smallest absolute Gasteiger partial charge is 0.343 e. The molecule has 22 heavy (non-hydrogen) atoms. The molecule has 0 aliphatic rings. The second kappa shape index (κ2) is 6.23. The van der Waals surface area contributed by atoms with Crippen LogP contribution in [0.2, 0.25) is 0 Å². The van der Waals surface area contributed by atoms with Crippen LogP contribution in [0.15, 0.2) is 53.4 Å². The van der Waals surface area contributed by atoms with Gasteiger partial charge in [-0.2, -0.15) is 8.78 Å². The molecule has 2 aromatic carbocycles. The first-order chi connectivity index (χ1) is 10.3. The van der Waals surface area contributed by atoms with Crippen LogP contribution in [-0.4, -0.2) is 20.1 Å². The summed E-state index contributed by atoms with van der Waals surface area (Å²) in [6.45, 7) is 1.83.